The third-order valence-corrected chi connectivity index (χ3v) is 17.9. The number of nitrogens with zero attached hydrogens (tertiary/aromatic N) is 6. The van der Waals surface area contributed by atoms with Gasteiger partial charge in [-0.1, -0.05) is 102 Å². The second-order valence-corrected chi connectivity index (χ2v) is 26.4. The second-order valence-electron chi connectivity index (χ2n) is 26.4. The van der Waals surface area contributed by atoms with Crippen LogP contribution in [0.5, 0.6) is 5.75 Å². The van der Waals surface area contributed by atoms with Crippen molar-refractivity contribution in [3.05, 3.63) is 76.2 Å². The first-order valence-electron chi connectivity index (χ1n) is 35.6. The predicted octanol–water partition coefficient (Wildman–Crippen LogP) is 3.65. The summed E-state index contributed by atoms with van der Waals surface area (Å²) in [5, 5.41) is 39.2. The lowest BCUT2D eigenvalue weighted by molar-refractivity contribution is -0.148. The predicted molar refractivity (Wildman–Crippen MR) is 383 cm³/mol. The lowest BCUT2D eigenvalue weighted by Gasteiger charge is -2.41. The molecular formula is C71H113N13O21. The summed E-state index contributed by atoms with van der Waals surface area (Å²) in [6, 6.07) is 7.34. The number of nitrogens with two attached hydrogens (primary N) is 1. The maximum absolute atomic E-state index is 14.8. The zero-order valence-electron chi connectivity index (χ0n) is 62.7. The third-order valence-electron chi connectivity index (χ3n) is 17.9. The summed E-state index contributed by atoms with van der Waals surface area (Å²) < 4.78 is 44.7. The minimum absolute atomic E-state index is 0.0132. The van der Waals surface area contributed by atoms with Gasteiger partial charge in [0.05, 0.1) is 108 Å². The summed E-state index contributed by atoms with van der Waals surface area (Å²) in [6.07, 6.45) is -2.56. The van der Waals surface area contributed by atoms with Gasteiger partial charge in [0.25, 0.3) is 0 Å². The van der Waals surface area contributed by atoms with E-state index in [4.69, 9.17) is 49.2 Å². The van der Waals surface area contributed by atoms with Gasteiger partial charge in [-0.15, -0.1) is 0 Å². The highest BCUT2D eigenvalue weighted by Crippen LogP contribution is 2.31. The van der Waals surface area contributed by atoms with E-state index in [0.717, 1.165) is 4.90 Å². The molecule has 0 bridgehead atoms. The van der Waals surface area contributed by atoms with Crippen LogP contribution in [-0.2, 0) is 82.9 Å². The summed E-state index contributed by atoms with van der Waals surface area (Å²) in [7, 11) is 6.00. The molecule has 34 heteroatoms. The Morgan fingerprint density at radius 1 is 0.714 bits per heavy atom. The number of primary amides is 1. The van der Waals surface area contributed by atoms with Crippen LogP contribution in [0.2, 0.25) is 0 Å². The number of azide groups is 1. The number of carboxylic acids is 1. The molecule has 105 heavy (non-hydrogen) atoms. The molecule has 1 fully saturated rings. The van der Waals surface area contributed by atoms with Gasteiger partial charge in [-0.05, 0) is 85.6 Å². The molecule has 588 valence electrons. The molecule has 0 radical (unpaired) electrons. The van der Waals surface area contributed by atoms with Crippen LogP contribution in [0.25, 0.3) is 10.4 Å². The average molecular weight is 1480 g/mol. The number of amides is 10. The first kappa shape index (κ1) is 90.5. The SMILES string of the molecule is CC[C@H](C)[C@@H]([C@@H](CC(=O)N1CCC[C@H]1[C@H](OC)[C@@H](C)C(=O)N[C@H](C)[C@@H](O)c1ccccc1)OC)N(C)C(=O)[C@@H](NC(=O)[C@H](C(C)C)N(C)C(=O)OCc1ccc(OC(=O)[C@H](CCCNC(N)=O)NC(=O)CNC(=O)[C@H](CCC(=O)O)NC(=O)CCOCCOCCOCCOCCN=[N+]=[N-])cc1)C(C)C. The van der Waals surface area contributed by atoms with E-state index in [1.54, 1.807) is 65.6 Å². The van der Waals surface area contributed by atoms with Crippen LogP contribution in [0.1, 0.15) is 130 Å². The number of ether oxygens (including phenoxy) is 8. The number of likely N-dealkylation sites (N-methyl/N-ethyl adjacent to an activating group) is 2. The number of benzene rings is 2. The van der Waals surface area contributed by atoms with E-state index in [0.29, 0.717) is 56.8 Å². The first-order valence-corrected chi connectivity index (χ1v) is 35.6. The van der Waals surface area contributed by atoms with Crippen molar-refractivity contribution in [2.75, 3.05) is 107 Å². The third kappa shape index (κ3) is 32.2. The molecule has 10 N–H and O–H groups in total. The Hall–Kier alpha value is -8.76. The van der Waals surface area contributed by atoms with Crippen LogP contribution in [0, 0.1) is 23.7 Å². The van der Waals surface area contributed by atoms with E-state index in [1.807, 2.05) is 32.0 Å². The van der Waals surface area contributed by atoms with Gasteiger partial charge in [-0.3, -0.25) is 43.3 Å². The van der Waals surface area contributed by atoms with Crippen molar-refractivity contribution in [1.29, 1.82) is 0 Å². The van der Waals surface area contributed by atoms with Crippen molar-refractivity contribution in [1.82, 2.24) is 46.6 Å². The molecule has 34 nitrogen and oxygen atoms in total. The second kappa shape index (κ2) is 49.1. The van der Waals surface area contributed by atoms with E-state index in [1.165, 1.54) is 50.4 Å². The number of aliphatic carboxylic acids is 1. The molecule has 1 heterocycles. The van der Waals surface area contributed by atoms with Crippen molar-refractivity contribution in [3.63, 3.8) is 0 Å². The Bertz CT molecular complexity index is 3090. The number of carbonyl (C=O) groups is 11. The molecule has 12 atom stereocenters. The van der Waals surface area contributed by atoms with Crippen LogP contribution in [0.3, 0.4) is 0 Å². The van der Waals surface area contributed by atoms with Gasteiger partial charge in [0, 0.05) is 65.7 Å². The molecule has 0 aliphatic carbocycles. The quantitative estimate of drug-likeness (QED) is 0.0114. The number of urea groups is 1. The Morgan fingerprint density at radius 2 is 1.33 bits per heavy atom. The van der Waals surface area contributed by atoms with Gasteiger partial charge in [0.15, 0.2) is 0 Å². The van der Waals surface area contributed by atoms with E-state index in [-0.39, 0.29) is 108 Å². The molecular weight excluding hydrogens is 1370 g/mol. The van der Waals surface area contributed by atoms with Crippen molar-refractivity contribution in [2.45, 2.75) is 180 Å². The molecule has 1 saturated heterocycles. The van der Waals surface area contributed by atoms with Gasteiger partial charge in [0.2, 0.25) is 41.4 Å². The molecule has 0 spiro atoms. The van der Waals surface area contributed by atoms with E-state index in [2.05, 4.69) is 41.9 Å². The van der Waals surface area contributed by atoms with E-state index >= 15 is 0 Å². The summed E-state index contributed by atoms with van der Waals surface area (Å²) in [6.45, 7) is 15.8. The minimum Gasteiger partial charge on any atom is -0.481 e. The summed E-state index contributed by atoms with van der Waals surface area (Å²) in [5.41, 5.74) is 14.6. The number of aliphatic hydroxyl groups is 1. The fourth-order valence-corrected chi connectivity index (χ4v) is 12.0. The molecule has 3 rings (SSSR count). The molecule has 0 aromatic heterocycles. The Kier molecular flexibility index (Phi) is 42.3. The highest BCUT2D eigenvalue weighted by molar-refractivity contribution is 5.93. The summed E-state index contributed by atoms with van der Waals surface area (Å²) in [4.78, 5) is 154. The fourth-order valence-electron chi connectivity index (χ4n) is 12.0. The van der Waals surface area contributed by atoms with E-state index < -0.39 is 145 Å². The molecule has 1 aliphatic heterocycles. The number of carbonyl (C=O) groups excluding carboxylic acids is 10. The average Bonchev–Trinajstić information content (AvgIpc) is 1.54. The van der Waals surface area contributed by atoms with Gasteiger partial charge >= 0.3 is 24.1 Å². The zero-order chi connectivity index (χ0) is 78.1. The van der Waals surface area contributed by atoms with Crippen LogP contribution in [0.15, 0.2) is 59.7 Å². The number of carboxylic acid groups (broad SMARTS) is 1. The maximum Gasteiger partial charge on any atom is 0.410 e. The maximum atomic E-state index is 14.8. The highest BCUT2D eigenvalue weighted by atomic mass is 16.6. The van der Waals surface area contributed by atoms with Gasteiger partial charge in [-0.2, -0.15) is 0 Å². The smallest absolute Gasteiger partial charge is 0.410 e. The molecule has 2 aromatic rings. The van der Waals surface area contributed by atoms with E-state index in [9.17, 15) is 63.0 Å². The van der Waals surface area contributed by atoms with Crippen molar-refractivity contribution in [3.8, 4) is 5.75 Å². The van der Waals surface area contributed by atoms with Gasteiger partial charge in [-0.25, -0.2) is 14.4 Å². The normalized spacial score (nSPS) is 15.9. The van der Waals surface area contributed by atoms with Crippen molar-refractivity contribution < 1.29 is 101 Å². The molecule has 2 aromatic carbocycles. The standard InChI is InChI=1S/C71H113N13O21/c1-13-46(6)62(55(98-11)41-58(87)84-32-18-22-54(84)64(99-12)47(7)65(91)77-48(8)63(90)50-19-15-14-16-20-50)82(9)68(94)60(44(2)3)80-67(93)61(45(4)5)83(10)71(97)104-43-49-23-25-51(26-24-49)105-69(95)53(21-17-30-74-70(72)96)79-57(86)42-75-66(92)52(27-28-59(88)89)78-56(85)29-33-100-35-37-102-39-40-103-38-36-101-34-31-76-81-73/h14-16,19-20,23-26,44-48,52-55,60-64,90H,13,17-18,21-22,27-43H2,1-12H3,(H,75,92)(H,77,91)(H,78,85)(H,79,86)(H,80,93)(H,88,89)(H3,72,74,96)/t46-,47+,48+,52-,53-,54-,55+,60-,61-,62-,63+,64+/m0/s1. The van der Waals surface area contributed by atoms with Gasteiger partial charge in [0.1, 0.15) is 36.5 Å². The Balaban J connectivity index is 1.61. The number of esters is 1. The highest BCUT2D eigenvalue weighted by Gasteiger charge is 2.44. The van der Waals surface area contributed by atoms with Gasteiger partial charge < -0.3 is 95.5 Å². The van der Waals surface area contributed by atoms with Crippen LogP contribution < -0.4 is 42.4 Å². The molecule has 10 amide bonds. The monoisotopic (exact) mass is 1480 g/mol. The fraction of sp³-hybridized carbons (Fsp3) is 0.676. The van der Waals surface area contributed by atoms with Crippen LogP contribution in [-0.4, -0.2) is 252 Å². The van der Waals surface area contributed by atoms with Crippen LogP contribution in [0.4, 0.5) is 9.59 Å². The summed E-state index contributed by atoms with van der Waals surface area (Å²) >= 11 is 0. The topological polar surface area (TPSA) is 459 Å². The number of rotatable bonds is 51. The molecule has 1 aliphatic rings. The molecule has 0 saturated carbocycles. The lowest BCUT2D eigenvalue weighted by atomic mass is 9.89. The van der Waals surface area contributed by atoms with Crippen LogP contribution >= 0.6 is 0 Å². The number of likely N-dealkylation sites (tertiary alicyclic amines) is 1. The number of nitrogens with one attached hydrogen (secondary N) is 6. The lowest BCUT2D eigenvalue weighted by Crippen LogP contribution is -2.60. The Labute approximate surface area is 614 Å². The van der Waals surface area contributed by atoms with Crippen molar-refractivity contribution >= 4 is 65.4 Å². The number of methoxy groups -OCH3 is 2. The first-order chi connectivity index (χ1) is 50.0. The largest absolute Gasteiger partial charge is 0.481 e. The Morgan fingerprint density at radius 3 is 1.90 bits per heavy atom. The number of hydrogen-bond acceptors (Lipinski definition) is 21. The zero-order valence-corrected chi connectivity index (χ0v) is 62.7. The minimum atomic E-state index is -1.36. The van der Waals surface area contributed by atoms with Crippen molar-refractivity contribution in [2.24, 2.45) is 34.5 Å². The number of aliphatic hydroxyl groups excluding tert-OH is 1. The molecule has 0 unspecified atom stereocenters. The summed E-state index contributed by atoms with van der Waals surface area (Å²) in [5.74, 6) is -8.07. The number of hydrogen-bond donors (Lipinski definition) is 9.